The lowest BCUT2D eigenvalue weighted by Crippen LogP contribution is -1.80. The van der Waals surface area contributed by atoms with E-state index in [1.54, 1.807) is 18.4 Å². The quantitative estimate of drug-likeness (QED) is 0.789. The molecule has 0 amide bonds. The summed E-state index contributed by atoms with van der Waals surface area (Å²) < 4.78 is 5.22. The predicted octanol–water partition coefficient (Wildman–Crippen LogP) is 2.61. The van der Waals surface area contributed by atoms with E-state index in [-0.39, 0.29) is 5.75 Å². The molecule has 14 heavy (non-hydrogen) atoms. The minimum absolute atomic E-state index is 0.257. The molecule has 0 aliphatic heterocycles. The van der Waals surface area contributed by atoms with Crippen LogP contribution in [0.4, 0.5) is 0 Å². The third-order valence-electron chi connectivity index (χ3n) is 2.02. The summed E-state index contributed by atoms with van der Waals surface area (Å²) in [7, 11) is 0. The molecule has 0 aliphatic rings. The standard InChI is InChI=1S/C11H11NO2/c1-2-11-12-10(7-14-11)8-3-5-9(13)6-4-8/h3-7,13H,2H2,1H3. The molecule has 0 unspecified atom stereocenters. The minimum atomic E-state index is 0.257. The Morgan fingerprint density at radius 2 is 2.00 bits per heavy atom. The molecule has 2 aromatic rings. The van der Waals surface area contributed by atoms with E-state index >= 15 is 0 Å². The van der Waals surface area contributed by atoms with Crippen LogP contribution < -0.4 is 0 Å². The summed E-state index contributed by atoms with van der Waals surface area (Å²) in [6.07, 6.45) is 2.42. The fraction of sp³-hybridized carbons (Fsp3) is 0.182. The minimum Gasteiger partial charge on any atom is -0.508 e. The van der Waals surface area contributed by atoms with Crippen molar-refractivity contribution in [3.63, 3.8) is 0 Å². The second kappa shape index (κ2) is 3.54. The zero-order chi connectivity index (χ0) is 9.97. The summed E-state index contributed by atoms with van der Waals surface area (Å²) in [5.74, 6) is 0.987. The number of aryl methyl sites for hydroxylation is 1. The number of nitrogens with zero attached hydrogens (tertiary/aromatic N) is 1. The molecule has 0 bridgehead atoms. The number of hydrogen-bond acceptors (Lipinski definition) is 3. The van der Waals surface area contributed by atoms with Crippen molar-refractivity contribution in [2.45, 2.75) is 13.3 Å². The molecule has 0 saturated carbocycles. The molecule has 0 radical (unpaired) electrons. The van der Waals surface area contributed by atoms with Gasteiger partial charge in [0, 0.05) is 12.0 Å². The molecular weight excluding hydrogens is 178 g/mol. The van der Waals surface area contributed by atoms with Crippen LogP contribution in [0.25, 0.3) is 11.3 Å². The molecule has 1 heterocycles. The molecule has 1 aromatic heterocycles. The summed E-state index contributed by atoms with van der Waals surface area (Å²) in [4.78, 5) is 4.28. The van der Waals surface area contributed by atoms with Crippen molar-refractivity contribution in [1.29, 1.82) is 0 Å². The lowest BCUT2D eigenvalue weighted by molar-refractivity contribution is 0.475. The zero-order valence-electron chi connectivity index (χ0n) is 7.90. The van der Waals surface area contributed by atoms with Crippen molar-refractivity contribution < 1.29 is 9.52 Å². The Hall–Kier alpha value is -1.77. The third-order valence-corrected chi connectivity index (χ3v) is 2.02. The molecule has 72 valence electrons. The van der Waals surface area contributed by atoms with Crippen LogP contribution >= 0.6 is 0 Å². The van der Waals surface area contributed by atoms with E-state index in [4.69, 9.17) is 9.52 Å². The summed E-state index contributed by atoms with van der Waals surface area (Å²) >= 11 is 0. The molecule has 0 saturated heterocycles. The van der Waals surface area contributed by atoms with Gasteiger partial charge in [-0.2, -0.15) is 0 Å². The van der Waals surface area contributed by atoms with Crippen molar-refractivity contribution in [2.24, 2.45) is 0 Å². The third kappa shape index (κ3) is 1.62. The molecule has 0 atom stereocenters. The van der Waals surface area contributed by atoms with Gasteiger partial charge >= 0.3 is 0 Å². The van der Waals surface area contributed by atoms with Crippen molar-refractivity contribution in [3.05, 3.63) is 36.4 Å². The van der Waals surface area contributed by atoms with Gasteiger partial charge in [-0.25, -0.2) is 4.98 Å². The molecular formula is C11H11NO2. The number of hydrogen-bond donors (Lipinski definition) is 1. The Bertz CT molecular complexity index is 417. The van der Waals surface area contributed by atoms with Crippen LogP contribution in [0.2, 0.25) is 0 Å². The van der Waals surface area contributed by atoms with Crippen LogP contribution in [0.15, 0.2) is 34.9 Å². The van der Waals surface area contributed by atoms with Crippen LogP contribution in [0.3, 0.4) is 0 Å². The lowest BCUT2D eigenvalue weighted by Gasteiger charge is -1.94. The molecule has 0 fully saturated rings. The van der Waals surface area contributed by atoms with Crippen LogP contribution in [-0.4, -0.2) is 10.1 Å². The van der Waals surface area contributed by atoms with Crippen molar-refractivity contribution in [3.8, 4) is 17.0 Å². The normalized spacial score (nSPS) is 10.4. The maximum atomic E-state index is 9.11. The monoisotopic (exact) mass is 189 g/mol. The molecule has 3 heteroatoms. The smallest absolute Gasteiger partial charge is 0.194 e. The number of aromatic nitrogens is 1. The zero-order valence-corrected chi connectivity index (χ0v) is 7.90. The Morgan fingerprint density at radius 3 is 2.57 bits per heavy atom. The van der Waals surface area contributed by atoms with Gasteiger partial charge in [-0.15, -0.1) is 0 Å². The highest BCUT2D eigenvalue weighted by Gasteiger charge is 2.03. The average Bonchev–Trinajstić information content (AvgIpc) is 2.67. The summed E-state index contributed by atoms with van der Waals surface area (Å²) in [5, 5.41) is 9.11. The summed E-state index contributed by atoms with van der Waals surface area (Å²) in [6, 6.07) is 6.89. The number of phenols is 1. The van der Waals surface area contributed by atoms with Gasteiger partial charge in [0.2, 0.25) is 0 Å². The Labute approximate surface area is 82.0 Å². The van der Waals surface area contributed by atoms with Crippen molar-refractivity contribution in [1.82, 2.24) is 4.98 Å². The van der Waals surface area contributed by atoms with Gasteiger partial charge in [0.1, 0.15) is 17.7 Å². The Morgan fingerprint density at radius 1 is 1.29 bits per heavy atom. The molecule has 0 spiro atoms. The predicted molar refractivity (Wildman–Crippen MR) is 53.0 cm³/mol. The second-order valence-electron chi connectivity index (χ2n) is 3.03. The topological polar surface area (TPSA) is 46.3 Å². The van der Waals surface area contributed by atoms with Gasteiger partial charge in [0.15, 0.2) is 5.89 Å². The first kappa shape index (κ1) is 8.81. The van der Waals surface area contributed by atoms with Gasteiger partial charge in [-0.05, 0) is 24.3 Å². The first-order chi connectivity index (χ1) is 6.79. The Balaban J connectivity index is 2.34. The largest absolute Gasteiger partial charge is 0.508 e. The van der Waals surface area contributed by atoms with E-state index in [1.807, 2.05) is 19.1 Å². The van der Waals surface area contributed by atoms with Gasteiger partial charge in [-0.3, -0.25) is 0 Å². The highest BCUT2D eigenvalue weighted by molar-refractivity contribution is 5.58. The van der Waals surface area contributed by atoms with Gasteiger partial charge < -0.3 is 9.52 Å². The van der Waals surface area contributed by atoms with Crippen LogP contribution in [0.5, 0.6) is 5.75 Å². The van der Waals surface area contributed by atoms with Gasteiger partial charge in [-0.1, -0.05) is 6.92 Å². The molecule has 1 N–H and O–H groups in total. The van der Waals surface area contributed by atoms with E-state index in [1.165, 1.54) is 0 Å². The van der Waals surface area contributed by atoms with Gasteiger partial charge in [0.05, 0.1) is 0 Å². The van der Waals surface area contributed by atoms with E-state index in [9.17, 15) is 0 Å². The number of phenolic OH excluding ortho intramolecular Hbond substituents is 1. The molecule has 2 rings (SSSR count). The first-order valence-corrected chi connectivity index (χ1v) is 4.53. The van der Waals surface area contributed by atoms with Crippen molar-refractivity contribution in [2.75, 3.05) is 0 Å². The lowest BCUT2D eigenvalue weighted by atomic mass is 10.2. The Kier molecular flexibility index (Phi) is 2.23. The first-order valence-electron chi connectivity index (χ1n) is 4.53. The maximum Gasteiger partial charge on any atom is 0.194 e. The SMILES string of the molecule is CCc1nc(-c2ccc(O)cc2)co1. The van der Waals surface area contributed by atoms with Crippen LogP contribution in [0, 0.1) is 0 Å². The second-order valence-corrected chi connectivity index (χ2v) is 3.03. The fourth-order valence-corrected chi connectivity index (χ4v) is 1.24. The van der Waals surface area contributed by atoms with Gasteiger partial charge in [0.25, 0.3) is 0 Å². The summed E-state index contributed by atoms with van der Waals surface area (Å²) in [6.45, 7) is 1.99. The molecule has 1 aromatic carbocycles. The number of rotatable bonds is 2. The number of benzene rings is 1. The number of aromatic hydroxyl groups is 1. The van der Waals surface area contributed by atoms with E-state index in [2.05, 4.69) is 4.98 Å². The summed E-state index contributed by atoms with van der Waals surface area (Å²) in [5.41, 5.74) is 1.76. The van der Waals surface area contributed by atoms with Crippen LogP contribution in [-0.2, 0) is 6.42 Å². The maximum absolute atomic E-state index is 9.11. The van der Waals surface area contributed by atoms with E-state index < -0.39 is 0 Å². The van der Waals surface area contributed by atoms with E-state index in [0.29, 0.717) is 0 Å². The average molecular weight is 189 g/mol. The highest BCUT2D eigenvalue weighted by Crippen LogP contribution is 2.21. The van der Waals surface area contributed by atoms with E-state index in [0.717, 1.165) is 23.6 Å². The number of oxazole rings is 1. The highest BCUT2D eigenvalue weighted by atomic mass is 16.3. The molecule has 3 nitrogen and oxygen atoms in total. The van der Waals surface area contributed by atoms with Crippen LogP contribution in [0.1, 0.15) is 12.8 Å². The van der Waals surface area contributed by atoms with Crippen molar-refractivity contribution >= 4 is 0 Å². The molecule has 0 aliphatic carbocycles. The fourth-order valence-electron chi connectivity index (χ4n) is 1.24.